The van der Waals surface area contributed by atoms with Crippen LogP contribution in [0.5, 0.6) is 0 Å². The summed E-state index contributed by atoms with van der Waals surface area (Å²) in [6.45, 7) is 3.92. The van der Waals surface area contributed by atoms with E-state index in [0.717, 1.165) is 38.9 Å². The highest BCUT2D eigenvalue weighted by Gasteiger charge is 1.90. The van der Waals surface area contributed by atoms with E-state index in [1.807, 2.05) is 0 Å². The molecule has 116 valence electrons. The fourth-order valence-corrected chi connectivity index (χ4v) is 2.13. The van der Waals surface area contributed by atoms with Crippen molar-refractivity contribution in [1.29, 1.82) is 0 Å². The fourth-order valence-electron chi connectivity index (χ4n) is 2.13. The molecule has 0 N–H and O–H groups in total. The molecule has 0 amide bonds. The van der Waals surface area contributed by atoms with Gasteiger partial charge in [0.05, 0.1) is 6.61 Å². The maximum atomic E-state index is 5.59. The molecule has 0 heterocycles. The first-order chi connectivity index (χ1) is 10.4. The van der Waals surface area contributed by atoms with E-state index < -0.39 is 0 Å². The van der Waals surface area contributed by atoms with Crippen molar-refractivity contribution < 1.29 is 4.74 Å². The summed E-state index contributed by atoms with van der Waals surface area (Å²) < 4.78 is 5.59. The molecule has 0 unspecified atom stereocenters. The van der Waals surface area contributed by atoms with E-state index in [-0.39, 0.29) is 0 Å². The highest BCUT2D eigenvalue weighted by Crippen LogP contribution is 2.04. The lowest BCUT2D eigenvalue weighted by Gasteiger charge is -2.01. The molecule has 0 aliphatic heterocycles. The van der Waals surface area contributed by atoms with Gasteiger partial charge in [-0.2, -0.15) is 0 Å². The van der Waals surface area contributed by atoms with Crippen LogP contribution in [0.4, 0.5) is 0 Å². The van der Waals surface area contributed by atoms with Crippen molar-refractivity contribution in [2.24, 2.45) is 0 Å². The van der Waals surface area contributed by atoms with Gasteiger partial charge in [0.25, 0.3) is 0 Å². The molecular weight excluding hydrogens is 256 g/mol. The van der Waals surface area contributed by atoms with Crippen molar-refractivity contribution >= 4 is 0 Å². The molecule has 0 fully saturated rings. The van der Waals surface area contributed by atoms with Crippen LogP contribution < -0.4 is 0 Å². The summed E-state index contributed by atoms with van der Waals surface area (Å²) in [7, 11) is 0. The first kappa shape index (κ1) is 17.7. The van der Waals surface area contributed by atoms with Crippen LogP contribution in [0.1, 0.15) is 51.0 Å². The third kappa shape index (κ3) is 11.0. The van der Waals surface area contributed by atoms with E-state index in [1.54, 1.807) is 0 Å². The van der Waals surface area contributed by atoms with Crippen LogP contribution >= 0.6 is 0 Å². The number of rotatable bonds is 12. The van der Waals surface area contributed by atoms with Crippen molar-refractivity contribution in [1.82, 2.24) is 0 Å². The van der Waals surface area contributed by atoms with Crippen LogP contribution in [-0.2, 0) is 11.2 Å². The number of allylic oxidation sites excluding steroid dienone is 3. The Hall–Kier alpha value is -1.34. The second kappa shape index (κ2) is 13.6. The van der Waals surface area contributed by atoms with Gasteiger partial charge < -0.3 is 4.74 Å². The highest BCUT2D eigenvalue weighted by atomic mass is 16.5. The zero-order chi connectivity index (χ0) is 15.0. The molecule has 0 saturated heterocycles. The first-order valence-corrected chi connectivity index (χ1v) is 8.35. The Morgan fingerprint density at radius 1 is 0.810 bits per heavy atom. The van der Waals surface area contributed by atoms with E-state index in [0.29, 0.717) is 0 Å². The molecule has 1 nitrogen and oxygen atoms in total. The number of unbranched alkanes of at least 4 members (excludes halogenated alkanes) is 2. The van der Waals surface area contributed by atoms with Gasteiger partial charge in [-0.3, -0.25) is 0 Å². The Kier molecular flexibility index (Phi) is 11.5. The molecule has 0 bridgehead atoms. The maximum Gasteiger partial charge on any atom is 0.0500 e. The Labute approximate surface area is 130 Å². The molecule has 0 spiro atoms. The van der Waals surface area contributed by atoms with Crippen LogP contribution in [-0.4, -0.2) is 13.2 Å². The van der Waals surface area contributed by atoms with Crippen molar-refractivity contribution in [2.45, 2.75) is 51.9 Å². The minimum absolute atomic E-state index is 0.864. The summed E-state index contributed by atoms with van der Waals surface area (Å²) in [4.78, 5) is 0. The summed E-state index contributed by atoms with van der Waals surface area (Å²) in [5, 5.41) is 0. The smallest absolute Gasteiger partial charge is 0.0500 e. The molecule has 0 aromatic heterocycles. The van der Waals surface area contributed by atoms with Gasteiger partial charge in [0, 0.05) is 6.61 Å². The van der Waals surface area contributed by atoms with E-state index in [1.165, 1.54) is 24.8 Å². The second-order valence-electron chi connectivity index (χ2n) is 5.27. The molecule has 1 heteroatoms. The minimum atomic E-state index is 0.864. The van der Waals surface area contributed by atoms with E-state index in [4.69, 9.17) is 4.74 Å². The normalized spacial score (nSPS) is 11.7. The minimum Gasteiger partial charge on any atom is -0.381 e. The molecule has 0 aliphatic rings. The van der Waals surface area contributed by atoms with Crippen molar-refractivity contribution in [3.8, 4) is 0 Å². The average Bonchev–Trinajstić information content (AvgIpc) is 2.53. The molecule has 0 saturated carbocycles. The number of hydrogen-bond donors (Lipinski definition) is 0. The summed E-state index contributed by atoms with van der Waals surface area (Å²) in [6.07, 6.45) is 17.1. The van der Waals surface area contributed by atoms with Crippen molar-refractivity contribution in [3.05, 3.63) is 60.2 Å². The predicted octanol–water partition coefficient (Wildman–Crippen LogP) is 5.72. The molecule has 21 heavy (non-hydrogen) atoms. The average molecular weight is 286 g/mol. The zero-order valence-corrected chi connectivity index (χ0v) is 13.5. The Morgan fingerprint density at radius 3 is 2.38 bits per heavy atom. The van der Waals surface area contributed by atoms with Crippen LogP contribution in [0.2, 0.25) is 0 Å². The van der Waals surface area contributed by atoms with E-state index in [9.17, 15) is 0 Å². The van der Waals surface area contributed by atoms with Crippen LogP contribution in [0.25, 0.3) is 0 Å². The Bertz CT molecular complexity index is 378. The van der Waals surface area contributed by atoms with Gasteiger partial charge in [-0.15, -0.1) is 0 Å². The van der Waals surface area contributed by atoms with Gasteiger partial charge in [-0.25, -0.2) is 0 Å². The van der Waals surface area contributed by atoms with Gasteiger partial charge in [0.15, 0.2) is 0 Å². The molecule has 1 aromatic rings. The van der Waals surface area contributed by atoms with Crippen molar-refractivity contribution in [3.63, 3.8) is 0 Å². The standard InChI is InChI=1S/C20H30O/c1-2-3-4-13-18-21-19-14-8-6-5-7-10-15-20-16-11-9-12-17-20/h3-5,7,9,11-12,16-17H,2,6,8,10,13-15,18-19H2,1H3/b4-3-,7-5+. The number of benzene rings is 1. The molecular formula is C20H30O. The summed E-state index contributed by atoms with van der Waals surface area (Å²) in [5.41, 5.74) is 1.42. The monoisotopic (exact) mass is 286 g/mol. The van der Waals surface area contributed by atoms with Crippen LogP contribution in [0.15, 0.2) is 54.6 Å². The number of aryl methyl sites for hydroxylation is 1. The molecule has 0 radical (unpaired) electrons. The van der Waals surface area contributed by atoms with Crippen LogP contribution in [0.3, 0.4) is 0 Å². The second-order valence-corrected chi connectivity index (χ2v) is 5.27. The number of hydrogen-bond acceptors (Lipinski definition) is 1. The Balaban J connectivity index is 1.85. The predicted molar refractivity (Wildman–Crippen MR) is 92.6 cm³/mol. The fraction of sp³-hybridized carbons (Fsp3) is 0.500. The van der Waals surface area contributed by atoms with Gasteiger partial charge in [-0.05, 0) is 50.5 Å². The summed E-state index contributed by atoms with van der Waals surface area (Å²) in [6, 6.07) is 10.7. The molecule has 0 aliphatic carbocycles. The van der Waals surface area contributed by atoms with Crippen LogP contribution in [0, 0.1) is 0 Å². The lowest BCUT2D eigenvalue weighted by Crippen LogP contribution is -1.95. The SMILES string of the molecule is CC/C=C\CCOCCCC/C=C/CCc1ccccc1. The largest absolute Gasteiger partial charge is 0.381 e. The first-order valence-electron chi connectivity index (χ1n) is 8.35. The van der Waals surface area contributed by atoms with Crippen molar-refractivity contribution in [2.75, 3.05) is 13.2 Å². The molecule has 1 aromatic carbocycles. The topological polar surface area (TPSA) is 9.23 Å². The van der Waals surface area contributed by atoms with Gasteiger partial charge >= 0.3 is 0 Å². The van der Waals surface area contributed by atoms with E-state index in [2.05, 4.69) is 61.6 Å². The van der Waals surface area contributed by atoms with Gasteiger partial charge in [-0.1, -0.05) is 61.6 Å². The zero-order valence-electron chi connectivity index (χ0n) is 13.5. The Morgan fingerprint density at radius 2 is 1.57 bits per heavy atom. The summed E-state index contributed by atoms with van der Waals surface area (Å²) in [5.74, 6) is 0. The highest BCUT2D eigenvalue weighted by molar-refractivity contribution is 5.15. The van der Waals surface area contributed by atoms with Gasteiger partial charge in [0.2, 0.25) is 0 Å². The third-order valence-electron chi connectivity index (χ3n) is 3.35. The van der Waals surface area contributed by atoms with Gasteiger partial charge in [0.1, 0.15) is 0 Å². The molecule has 0 atom stereocenters. The molecule has 1 rings (SSSR count). The number of ether oxygens (including phenoxy) is 1. The summed E-state index contributed by atoms with van der Waals surface area (Å²) >= 11 is 0. The lowest BCUT2D eigenvalue weighted by atomic mass is 10.1. The quantitative estimate of drug-likeness (QED) is 0.353. The maximum absolute atomic E-state index is 5.59. The van der Waals surface area contributed by atoms with E-state index >= 15 is 0 Å². The lowest BCUT2D eigenvalue weighted by molar-refractivity contribution is 0.135. The third-order valence-corrected chi connectivity index (χ3v) is 3.35.